The van der Waals surface area contributed by atoms with Crippen LogP contribution < -0.4 is 5.56 Å². The fourth-order valence-electron chi connectivity index (χ4n) is 3.07. The molecular formula is C16H12N4O5. The lowest BCUT2D eigenvalue weighted by molar-refractivity contribution is -0.384. The van der Waals surface area contributed by atoms with Crippen molar-refractivity contribution in [2.75, 3.05) is 6.61 Å². The number of nitro benzene ring substituents is 1. The van der Waals surface area contributed by atoms with E-state index >= 15 is 0 Å². The van der Waals surface area contributed by atoms with Crippen LogP contribution in [-0.2, 0) is 11.2 Å². The molecule has 25 heavy (non-hydrogen) atoms. The zero-order valence-electron chi connectivity index (χ0n) is 13.1. The average Bonchev–Trinajstić information content (AvgIpc) is 3.17. The van der Waals surface area contributed by atoms with Crippen molar-refractivity contribution in [3.63, 3.8) is 0 Å². The summed E-state index contributed by atoms with van der Waals surface area (Å²) in [6, 6.07) is 4.50. The van der Waals surface area contributed by atoms with Gasteiger partial charge in [0.05, 0.1) is 22.9 Å². The summed E-state index contributed by atoms with van der Waals surface area (Å²) < 4.78 is 6.47. The van der Waals surface area contributed by atoms with Crippen molar-refractivity contribution in [3.8, 4) is 11.3 Å². The molecule has 0 atom stereocenters. The summed E-state index contributed by atoms with van der Waals surface area (Å²) >= 11 is 0. The van der Waals surface area contributed by atoms with Gasteiger partial charge in [-0.05, 0) is 18.6 Å². The fourth-order valence-corrected chi connectivity index (χ4v) is 3.07. The van der Waals surface area contributed by atoms with Crippen LogP contribution in [-0.4, -0.2) is 31.9 Å². The van der Waals surface area contributed by atoms with Crippen molar-refractivity contribution < 1.29 is 14.5 Å². The predicted octanol–water partition coefficient (Wildman–Crippen LogP) is 1.68. The molecule has 9 heteroatoms. The quantitative estimate of drug-likeness (QED) is 0.344. The van der Waals surface area contributed by atoms with E-state index in [4.69, 9.17) is 4.74 Å². The van der Waals surface area contributed by atoms with Crippen LogP contribution >= 0.6 is 0 Å². The molecule has 4 rings (SSSR count). The highest BCUT2D eigenvalue weighted by molar-refractivity contribution is 5.88. The normalized spacial score (nSPS) is 12.0. The molecule has 0 unspecified atom stereocenters. The molecule has 0 fully saturated rings. The van der Waals surface area contributed by atoms with E-state index in [-0.39, 0.29) is 23.6 Å². The zero-order chi connectivity index (χ0) is 17.7. The summed E-state index contributed by atoms with van der Waals surface area (Å²) in [5.41, 5.74) is 2.43. The molecule has 0 amide bonds. The van der Waals surface area contributed by atoms with E-state index < -0.39 is 16.5 Å². The summed E-state index contributed by atoms with van der Waals surface area (Å²) in [6.45, 7) is 1.89. The van der Waals surface area contributed by atoms with Crippen molar-refractivity contribution in [1.29, 1.82) is 0 Å². The van der Waals surface area contributed by atoms with Gasteiger partial charge in [-0.3, -0.25) is 19.3 Å². The van der Waals surface area contributed by atoms with E-state index in [1.807, 2.05) is 0 Å². The number of carbonyl (C=O) groups is 1. The van der Waals surface area contributed by atoms with Gasteiger partial charge in [-0.15, -0.1) is 0 Å². The van der Waals surface area contributed by atoms with Gasteiger partial charge in [-0.1, -0.05) is 0 Å². The molecule has 0 spiro atoms. The fraction of sp³-hybridized carbons (Fsp3) is 0.188. The molecule has 0 radical (unpaired) electrons. The van der Waals surface area contributed by atoms with Gasteiger partial charge in [0.1, 0.15) is 0 Å². The van der Waals surface area contributed by atoms with Gasteiger partial charge in [0.25, 0.3) is 11.2 Å². The number of H-pyrrole nitrogens is 1. The number of nitrogens with zero attached hydrogens (tertiary/aromatic N) is 3. The zero-order valence-corrected chi connectivity index (χ0v) is 13.1. The van der Waals surface area contributed by atoms with E-state index in [1.165, 1.54) is 18.3 Å². The molecular weight excluding hydrogens is 328 g/mol. The minimum Gasteiger partial charge on any atom is -0.461 e. The number of fused-ring (bicyclic) bond motifs is 5. The van der Waals surface area contributed by atoms with Crippen LogP contribution in [0.2, 0.25) is 0 Å². The maximum absolute atomic E-state index is 12.3. The average molecular weight is 340 g/mol. The first-order valence-corrected chi connectivity index (χ1v) is 7.58. The molecule has 0 saturated heterocycles. The Balaban J connectivity index is 1.90. The van der Waals surface area contributed by atoms with Gasteiger partial charge in [0.2, 0.25) is 5.65 Å². The lowest BCUT2D eigenvalue weighted by atomic mass is 10.1. The molecule has 2 heterocycles. The van der Waals surface area contributed by atoms with E-state index in [9.17, 15) is 19.7 Å². The van der Waals surface area contributed by atoms with Crippen molar-refractivity contribution in [2.24, 2.45) is 0 Å². The molecule has 0 aliphatic heterocycles. The van der Waals surface area contributed by atoms with Crippen LogP contribution in [0.4, 0.5) is 5.69 Å². The Morgan fingerprint density at radius 3 is 3.00 bits per heavy atom. The van der Waals surface area contributed by atoms with Crippen molar-refractivity contribution in [1.82, 2.24) is 14.4 Å². The van der Waals surface area contributed by atoms with Gasteiger partial charge < -0.3 is 9.72 Å². The van der Waals surface area contributed by atoms with E-state index in [0.717, 1.165) is 11.1 Å². The topological polar surface area (TPSA) is 120 Å². The lowest BCUT2D eigenvalue weighted by Crippen LogP contribution is -2.13. The largest absolute Gasteiger partial charge is 0.461 e. The molecule has 3 aromatic rings. The van der Waals surface area contributed by atoms with Crippen LogP contribution in [0.15, 0.2) is 29.2 Å². The van der Waals surface area contributed by atoms with E-state index in [0.29, 0.717) is 17.8 Å². The maximum atomic E-state index is 12.3. The molecule has 1 aliphatic carbocycles. The summed E-state index contributed by atoms with van der Waals surface area (Å²) in [5.74, 6) is -0.606. The van der Waals surface area contributed by atoms with Crippen LogP contribution in [0.5, 0.6) is 0 Å². The Bertz CT molecular complexity index is 1110. The van der Waals surface area contributed by atoms with Gasteiger partial charge >= 0.3 is 5.97 Å². The van der Waals surface area contributed by atoms with Crippen LogP contribution in [0.25, 0.3) is 16.9 Å². The Morgan fingerprint density at radius 2 is 2.28 bits per heavy atom. The summed E-state index contributed by atoms with van der Waals surface area (Å²) in [7, 11) is 0. The second-order valence-corrected chi connectivity index (χ2v) is 5.59. The third-order valence-electron chi connectivity index (χ3n) is 4.14. The monoisotopic (exact) mass is 340 g/mol. The van der Waals surface area contributed by atoms with Crippen molar-refractivity contribution in [3.05, 3.63) is 61.8 Å². The smallest absolute Gasteiger partial charge is 0.358 e. The minimum absolute atomic E-state index is 0.0111. The third kappa shape index (κ3) is 2.20. The van der Waals surface area contributed by atoms with Gasteiger partial charge in [-0.25, -0.2) is 9.78 Å². The highest BCUT2D eigenvalue weighted by atomic mass is 16.6. The first-order chi connectivity index (χ1) is 12.0. The van der Waals surface area contributed by atoms with Gasteiger partial charge in [0.15, 0.2) is 5.69 Å². The Kier molecular flexibility index (Phi) is 3.17. The number of aromatic nitrogens is 3. The Labute approximate surface area is 140 Å². The number of carbonyl (C=O) groups excluding carboxylic acids is 1. The number of benzene rings is 1. The standard InChI is InChI=1S/C16H12N4O5/c1-2-25-16(22)11-7-19-12-6-8-5-9(20(23)24)3-4-10(8)13(12)18-15(21)14(19)17-11/h3-5,7H,2,6H2,1H3,(H,18,21). The first kappa shape index (κ1) is 15.1. The molecule has 1 aromatic carbocycles. The molecule has 0 bridgehead atoms. The third-order valence-corrected chi connectivity index (χ3v) is 4.14. The molecule has 0 saturated carbocycles. The number of aromatic amines is 1. The van der Waals surface area contributed by atoms with Gasteiger partial charge in [-0.2, -0.15) is 0 Å². The maximum Gasteiger partial charge on any atom is 0.358 e. The molecule has 1 N–H and O–H groups in total. The number of non-ortho nitro benzene ring substituents is 1. The number of ether oxygens (including phenoxy) is 1. The van der Waals surface area contributed by atoms with E-state index in [2.05, 4.69) is 9.97 Å². The lowest BCUT2D eigenvalue weighted by Gasteiger charge is -2.03. The SMILES string of the molecule is CCOC(=O)c1cn2c3c([nH]c(=O)c2n1)-c1ccc([N+](=O)[O-])cc1C3. The summed E-state index contributed by atoms with van der Waals surface area (Å²) in [5, 5.41) is 11.0. The van der Waals surface area contributed by atoms with E-state index in [1.54, 1.807) is 17.4 Å². The number of hydrogen-bond donors (Lipinski definition) is 1. The number of nitrogens with one attached hydrogen (secondary N) is 1. The predicted molar refractivity (Wildman–Crippen MR) is 86.7 cm³/mol. The first-order valence-electron chi connectivity index (χ1n) is 7.58. The summed E-state index contributed by atoms with van der Waals surface area (Å²) in [6.07, 6.45) is 1.85. The second-order valence-electron chi connectivity index (χ2n) is 5.59. The number of rotatable bonds is 3. The molecule has 2 aromatic heterocycles. The molecule has 1 aliphatic rings. The summed E-state index contributed by atoms with van der Waals surface area (Å²) in [4.78, 5) is 41.5. The molecule has 9 nitrogen and oxygen atoms in total. The van der Waals surface area contributed by atoms with Crippen LogP contribution in [0.1, 0.15) is 28.7 Å². The Morgan fingerprint density at radius 1 is 1.48 bits per heavy atom. The number of hydrogen-bond acceptors (Lipinski definition) is 6. The van der Waals surface area contributed by atoms with Crippen LogP contribution in [0, 0.1) is 10.1 Å². The molecule has 126 valence electrons. The van der Waals surface area contributed by atoms with Crippen molar-refractivity contribution >= 4 is 17.3 Å². The number of nitro groups is 1. The van der Waals surface area contributed by atoms with Gasteiger partial charge in [0, 0.05) is 30.3 Å². The number of esters is 1. The highest BCUT2D eigenvalue weighted by Gasteiger charge is 2.26. The van der Waals surface area contributed by atoms with Crippen molar-refractivity contribution in [2.45, 2.75) is 13.3 Å². The highest BCUT2D eigenvalue weighted by Crippen LogP contribution is 2.36. The Hall–Kier alpha value is -3.49. The van der Waals surface area contributed by atoms with Crippen LogP contribution in [0.3, 0.4) is 0 Å². The minimum atomic E-state index is -0.606. The second kappa shape index (κ2) is 5.26. The number of imidazole rings is 1.